The van der Waals surface area contributed by atoms with Gasteiger partial charge in [-0.15, -0.1) is 24.0 Å². The first-order chi connectivity index (χ1) is 12.4. The van der Waals surface area contributed by atoms with Gasteiger partial charge in [0, 0.05) is 32.2 Å². The van der Waals surface area contributed by atoms with E-state index in [0.29, 0.717) is 25.6 Å². The molecule has 0 saturated carbocycles. The number of nitrogens with one attached hydrogen (secondary N) is 3. The minimum Gasteiger partial charge on any atom is -0.355 e. The fourth-order valence-electron chi connectivity index (χ4n) is 2.07. The maximum atomic E-state index is 12.5. The lowest BCUT2D eigenvalue weighted by Gasteiger charge is -2.12. The summed E-state index contributed by atoms with van der Waals surface area (Å²) in [7, 11) is 1.64. The first-order valence-corrected chi connectivity index (χ1v) is 8.75. The Hall–Kier alpha value is -1.82. The first-order valence-electron chi connectivity index (χ1n) is 7.81. The van der Waals surface area contributed by atoms with E-state index in [1.165, 1.54) is 0 Å². The third kappa shape index (κ3) is 7.75. The van der Waals surface area contributed by atoms with Crippen molar-refractivity contribution >= 4 is 47.2 Å². The molecule has 148 valence electrons. The predicted molar refractivity (Wildman–Crippen MR) is 112 cm³/mol. The fourth-order valence-corrected chi connectivity index (χ4v) is 2.74. The molecule has 10 heteroatoms. The second-order valence-corrected chi connectivity index (χ2v) is 6.10. The second kappa shape index (κ2) is 11.1. The minimum atomic E-state index is -4.41. The van der Waals surface area contributed by atoms with Crippen LogP contribution in [0.25, 0.3) is 0 Å². The van der Waals surface area contributed by atoms with Crippen molar-refractivity contribution in [2.24, 2.45) is 4.99 Å². The Morgan fingerprint density at radius 2 is 1.74 bits per heavy atom. The zero-order valence-electron chi connectivity index (χ0n) is 14.5. The quantitative estimate of drug-likeness (QED) is 0.241. The van der Waals surface area contributed by atoms with Gasteiger partial charge < -0.3 is 16.0 Å². The van der Waals surface area contributed by atoms with Crippen LogP contribution in [0.1, 0.15) is 21.5 Å². The molecule has 0 spiro atoms. The van der Waals surface area contributed by atoms with Crippen LogP contribution in [0.2, 0.25) is 0 Å². The van der Waals surface area contributed by atoms with Gasteiger partial charge in [0.1, 0.15) is 0 Å². The normalized spacial score (nSPS) is 11.5. The summed E-state index contributed by atoms with van der Waals surface area (Å²) in [5.74, 6) is 0.168. The number of benzene rings is 1. The number of halogens is 4. The van der Waals surface area contributed by atoms with E-state index in [9.17, 15) is 18.0 Å². The summed E-state index contributed by atoms with van der Waals surface area (Å²) >= 11 is 1.61. The summed E-state index contributed by atoms with van der Waals surface area (Å²) in [6, 6.07) is 6.11. The van der Waals surface area contributed by atoms with Gasteiger partial charge in [-0.3, -0.25) is 9.79 Å². The summed E-state index contributed by atoms with van der Waals surface area (Å²) in [5, 5.41) is 12.8. The van der Waals surface area contributed by atoms with Crippen molar-refractivity contribution in [2.75, 3.05) is 20.1 Å². The largest absolute Gasteiger partial charge is 0.416 e. The van der Waals surface area contributed by atoms with E-state index in [0.717, 1.165) is 29.8 Å². The van der Waals surface area contributed by atoms with Crippen molar-refractivity contribution in [3.8, 4) is 0 Å². The Morgan fingerprint density at radius 3 is 2.30 bits per heavy atom. The molecule has 0 fully saturated rings. The van der Waals surface area contributed by atoms with Crippen LogP contribution in [0.4, 0.5) is 13.2 Å². The highest BCUT2D eigenvalue weighted by Gasteiger charge is 2.30. The van der Waals surface area contributed by atoms with E-state index in [2.05, 4.69) is 20.9 Å². The third-order valence-electron chi connectivity index (χ3n) is 3.44. The second-order valence-electron chi connectivity index (χ2n) is 5.32. The summed E-state index contributed by atoms with van der Waals surface area (Å²) < 4.78 is 37.5. The molecule has 2 rings (SSSR count). The lowest BCUT2D eigenvalue weighted by atomic mass is 10.1. The highest BCUT2D eigenvalue weighted by Crippen LogP contribution is 2.28. The number of hydrogen-bond donors (Lipinski definition) is 3. The first kappa shape index (κ1) is 23.2. The SMILES string of the molecule is CN=C(NCCNC(=O)c1ccc(C(F)(F)F)cc1)NCc1ccsc1.I. The molecule has 1 heterocycles. The number of amides is 1. The van der Waals surface area contributed by atoms with Crippen LogP contribution in [0, 0.1) is 0 Å². The molecule has 0 aliphatic rings. The molecule has 5 nitrogen and oxygen atoms in total. The molecule has 0 aliphatic carbocycles. The average Bonchev–Trinajstić information content (AvgIpc) is 3.14. The smallest absolute Gasteiger partial charge is 0.355 e. The van der Waals surface area contributed by atoms with Gasteiger partial charge in [0.15, 0.2) is 5.96 Å². The van der Waals surface area contributed by atoms with E-state index in [-0.39, 0.29) is 29.5 Å². The van der Waals surface area contributed by atoms with Crippen LogP contribution in [-0.4, -0.2) is 32.0 Å². The van der Waals surface area contributed by atoms with Gasteiger partial charge in [0.05, 0.1) is 5.56 Å². The molecule has 0 unspecified atom stereocenters. The summed E-state index contributed by atoms with van der Waals surface area (Å²) in [6.07, 6.45) is -4.41. The molecule has 1 aromatic carbocycles. The van der Waals surface area contributed by atoms with E-state index in [1.807, 2.05) is 16.8 Å². The highest BCUT2D eigenvalue weighted by atomic mass is 127. The number of thiophene rings is 1. The van der Waals surface area contributed by atoms with Crippen molar-refractivity contribution < 1.29 is 18.0 Å². The third-order valence-corrected chi connectivity index (χ3v) is 4.17. The molecule has 1 amide bonds. The number of alkyl halides is 3. The molecule has 27 heavy (non-hydrogen) atoms. The highest BCUT2D eigenvalue weighted by molar-refractivity contribution is 14.0. The summed E-state index contributed by atoms with van der Waals surface area (Å²) in [4.78, 5) is 16.0. The molecule has 0 bridgehead atoms. The molecule has 0 saturated heterocycles. The Bertz CT molecular complexity index is 734. The molecular formula is C17H20F3IN4OS. The van der Waals surface area contributed by atoms with Crippen LogP contribution >= 0.6 is 35.3 Å². The lowest BCUT2D eigenvalue weighted by Crippen LogP contribution is -2.41. The van der Waals surface area contributed by atoms with Gasteiger partial charge in [-0.25, -0.2) is 0 Å². The van der Waals surface area contributed by atoms with Gasteiger partial charge in [-0.05, 0) is 46.7 Å². The monoisotopic (exact) mass is 512 g/mol. The Balaban J connectivity index is 0.00000364. The van der Waals surface area contributed by atoms with Crippen molar-refractivity contribution in [1.29, 1.82) is 0 Å². The van der Waals surface area contributed by atoms with Crippen molar-refractivity contribution in [3.63, 3.8) is 0 Å². The number of rotatable bonds is 6. The molecule has 1 aromatic heterocycles. The van der Waals surface area contributed by atoms with E-state index >= 15 is 0 Å². The van der Waals surface area contributed by atoms with E-state index in [1.54, 1.807) is 18.4 Å². The van der Waals surface area contributed by atoms with Crippen LogP contribution in [0.3, 0.4) is 0 Å². The van der Waals surface area contributed by atoms with E-state index < -0.39 is 17.6 Å². The Morgan fingerprint density at radius 1 is 1.07 bits per heavy atom. The van der Waals surface area contributed by atoms with Crippen molar-refractivity contribution in [1.82, 2.24) is 16.0 Å². The molecule has 2 aromatic rings. The zero-order chi connectivity index (χ0) is 19.0. The van der Waals surface area contributed by atoms with Crippen molar-refractivity contribution in [3.05, 3.63) is 57.8 Å². The fraction of sp³-hybridized carbons (Fsp3) is 0.294. The van der Waals surface area contributed by atoms with Gasteiger partial charge in [0.2, 0.25) is 0 Å². The van der Waals surface area contributed by atoms with Gasteiger partial charge >= 0.3 is 6.18 Å². The van der Waals surface area contributed by atoms with Crippen LogP contribution in [-0.2, 0) is 12.7 Å². The average molecular weight is 512 g/mol. The number of carbonyl (C=O) groups excluding carboxylic acids is 1. The van der Waals surface area contributed by atoms with E-state index in [4.69, 9.17) is 0 Å². The number of aliphatic imine (C=N–C) groups is 1. The molecule has 0 radical (unpaired) electrons. The molecule has 0 atom stereocenters. The molecule has 0 aliphatic heterocycles. The predicted octanol–water partition coefficient (Wildman–Crippen LogP) is 3.48. The number of nitrogens with zero attached hydrogens (tertiary/aromatic N) is 1. The lowest BCUT2D eigenvalue weighted by molar-refractivity contribution is -0.137. The number of hydrogen-bond acceptors (Lipinski definition) is 3. The Kier molecular flexibility index (Phi) is 9.56. The van der Waals surface area contributed by atoms with Crippen LogP contribution in [0.15, 0.2) is 46.1 Å². The minimum absolute atomic E-state index is 0. The Labute approximate surface area is 176 Å². The van der Waals surface area contributed by atoms with Gasteiger partial charge in [0.25, 0.3) is 5.91 Å². The van der Waals surface area contributed by atoms with Crippen molar-refractivity contribution in [2.45, 2.75) is 12.7 Å². The zero-order valence-corrected chi connectivity index (χ0v) is 17.6. The standard InChI is InChI=1S/C17H19F3N4OS.HI/c1-21-16(24-10-12-6-9-26-11-12)23-8-7-22-15(25)13-2-4-14(5-3-13)17(18,19)20;/h2-6,9,11H,7-8,10H2,1H3,(H,22,25)(H2,21,23,24);1H. The molecular weight excluding hydrogens is 492 g/mol. The van der Waals surface area contributed by atoms with Gasteiger partial charge in [-0.1, -0.05) is 0 Å². The maximum absolute atomic E-state index is 12.5. The van der Waals surface area contributed by atoms with Crippen LogP contribution < -0.4 is 16.0 Å². The topological polar surface area (TPSA) is 65.5 Å². The maximum Gasteiger partial charge on any atom is 0.416 e. The number of carbonyl (C=O) groups is 1. The summed E-state index contributed by atoms with van der Waals surface area (Å²) in [6.45, 7) is 1.37. The van der Waals surface area contributed by atoms with Crippen LogP contribution in [0.5, 0.6) is 0 Å². The molecule has 3 N–H and O–H groups in total. The summed E-state index contributed by atoms with van der Waals surface area (Å²) in [5.41, 5.74) is 0.544. The number of guanidine groups is 1. The van der Waals surface area contributed by atoms with Gasteiger partial charge in [-0.2, -0.15) is 24.5 Å².